The Labute approximate surface area is 164 Å². The van der Waals surface area contributed by atoms with E-state index in [0.29, 0.717) is 10.2 Å². The predicted octanol–water partition coefficient (Wildman–Crippen LogP) is 4.09. The first-order valence-corrected chi connectivity index (χ1v) is 10.4. The topological polar surface area (TPSA) is 76.6 Å². The minimum Gasteiger partial charge on any atom is -0.462 e. The van der Waals surface area contributed by atoms with Crippen LogP contribution in [0.2, 0.25) is 5.02 Å². The van der Waals surface area contributed by atoms with E-state index in [0.717, 1.165) is 28.6 Å². The lowest BCUT2D eigenvalue weighted by atomic mass is 10.2. The normalized spacial score (nSPS) is 11.6. The number of hydrogen-bond acceptors (Lipinski definition) is 6. The maximum Gasteiger partial charge on any atom is 0.341 e. The molecule has 6 nitrogen and oxygen atoms in total. The molecule has 10 heteroatoms. The monoisotopic (exact) mass is 428 g/mol. The molecule has 27 heavy (non-hydrogen) atoms. The van der Waals surface area contributed by atoms with Gasteiger partial charge in [0.05, 0.1) is 27.6 Å². The fraction of sp³-hybridized carbons (Fsp3) is 0.176. The van der Waals surface area contributed by atoms with E-state index in [1.54, 1.807) is 12.3 Å². The van der Waals surface area contributed by atoms with E-state index >= 15 is 0 Å². The highest BCUT2D eigenvalue weighted by atomic mass is 35.5. The number of pyridine rings is 1. The minimum absolute atomic E-state index is 0.0298. The molecule has 0 unspecified atom stereocenters. The third-order valence-electron chi connectivity index (χ3n) is 3.81. The van der Waals surface area contributed by atoms with Gasteiger partial charge in [-0.25, -0.2) is 22.6 Å². The van der Waals surface area contributed by atoms with Crippen molar-refractivity contribution in [3.8, 4) is 0 Å². The molecule has 0 bridgehead atoms. The highest BCUT2D eigenvalue weighted by Gasteiger charge is 2.29. The molecule has 3 rings (SSSR count). The number of fused-ring (bicyclic) bond motifs is 1. The molecule has 0 amide bonds. The summed E-state index contributed by atoms with van der Waals surface area (Å²) in [5.41, 5.74) is 0.0341. The van der Waals surface area contributed by atoms with Crippen molar-refractivity contribution in [3.05, 3.63) is 52.2 Å². The lowest BCUT2D eigenvalue weighted by Crippen LogP contribution is -2.29. The van der Waals surface area contributed by atoms with E-state index in [9.17, 15) is 17.6 Å². The standard InChI is InChI=1S/C17H14ClFN2O4S2/c1-3-25-17(22)12-8-20-16-14(13(18)9-26-16)15(12)21(2)27(23,24)11-6-4-10(19)5-7-11/h4-9H,3H2,1-2H3. The van der Waals surface area contributed by atoms with E-state index < -0.39 is 21.8 Å². The van der Waals surface area contributed by atoms with Crippen molar-refractivity contribution in [1.82, 2.24) is 4.98 Å². The zero-order valence-electron chi connectivity index (χ0n) is 14.3. The molecule has 0 radical (unpaired) electrons. The van der Waals surface area contributed by atoms with E-state index in [1.807, 2.05) is 0 Å². The number of rotatable bonds is 5. The second-order valence-electron chi connectivity index (χ2n) is 5.43. The number of esters is 1. The largest absolute Gasteiger partial charge is 0.462 e. The van der Waals surface area contributed by atoms with Gasteiger partial charge < -0.3 is 4.74 Å². The third kappa shape index (κ3) is 3.50. The van der Waals surface area contributed by atoms with Gasteiger partial charge in [-0.05, 0) is 31.2 Å². The summed E-state index contributed by atoms with van der Waals surface area (Å²) in [5.74, 6) is -1.28. The van der Waals surface area contributed by atoms with Gasteiger partial charge >= 0.3 is 5.97 Å². The summed E-state index contributed by atoms with van der Waals surface area (Å²) >= 11 is 7.46. The molecule has 2 heterocycles. The second-order valence-corrected chi connectivity index (χ2v) is 8.67. The summed E-state index contributed by atoms with van der Waals surface area (Å²) in [5, 5.41) is 2.21. The van der Waals surface area contributed by atoms with Gasteiger partial charge in [-0.2, -0.15) is 0 Å². The van der Waals surface area contributed by atoms with Crippen molar-refractivity contribution >= 4 is 54.8 Å². The number of halogens is 2. The zero-order valence-corrected chi connectivity index (χ0v) is 16.7. The number of anilines is 1. The van der Waals surface area contributed by atoms with Crippen molar-refractivity contribution in [1.29, 1.82) is 0 Å². The van der Waals surface area contributed by atoms with Crippen LogP contribution in [-0.4, -0.2) is 33.0 Å². The maximum atomic E-state index is 13.2. The van der Waals surface area contributed by atoms with Gasteiger partial charge in [-0.3, -0.25) is 4.31 Å². The molecule has 142 valence electrons. The number of thiophene rings is 1. The highest BCUT2D eigenvalue weighted by Crippen LogP contribution is 2.40. The molecule has 0 aliphatic rings. The van der Waals surface area contributed by atoms with Crippen LogP contribution in [0.15, 0.2) is 40.7 Å². The van der Waals surface area contributed by atoms with Crippen LogP contribution in [-0.2, 0) is 14.8 Å². The Bertz CT molecular complexity index is 1110. The smallest absolute Gasteiger partial charge is 0.341 e. The van der Waals surface area contributed by atoms with Crippen LogP contribution >= 0.6 is 22.9 Å². The molecule has 1 aromatic carbocycles. The number of benzene rings is 1. The predicted molar refractivity (Wildman–Crippen MR) is 103 cm³/mol. The Kier molecular flexibility index (Phi) is 5.36. The Hall–Kier alpha value is -2.23. The third-order valence-corrected chi connectivity index (χ3v) is 6.90. The van der Waals surface area contributed by atoms with E-state index in [-0.39, 0.29) is 27.8 Å². The van der Waals surface area contributed by atoms with Crippen LogP contribution in [0.3, 0.4) is 0 Å². The van der Waals surface area contributed by atoms with Gasteiger partial charge in [0.15, 0.2) is 0 Å². The molecule has 0 spiro atoms. The number of carbonyl (C=O) groups is 1. The van der Waals surface area contributed by atoms with E-state index in [2.05, 4.69) is 4.98 Å². The van der Waals surface area contributed by atoms with Gasteiger partial charge in [0, 0.05) is 18.6 Å². The van der Waals surface area contributed by atoms with Gasteiger partial charge in [-0.1, -0.05) is 11.6 Å². The number of aromatic nitrogens is 1. The first kappa shape index (κ1) is 19.5. The molecule has 0 aliphatic carbocycles. The number of ether oxygens (including phenoxy) is 1. The lowest BCUT2D eigenvalue weighted by Gasteiger charge is -2.22. The second kappa shape index (κ2) is 7.41. The minimum atomic E-state index is -4.09. The lowest BCUT2D eigenvalue weighted by molar-refractivity contribution is 0.0527. The van der Waals surface area contributed by atoms with Crippen LogP contribution in [0, 0.1) is 5.82 Å². The first-order valence-electron chi connectivity index (χ1n) is 7.74. The number of carbonyl (C=O) groups excluding carboxylic acids is 1. The van der Waals surface area contributed by atoms with Crippen LogP contribution < -0.4 is 4.31 Å². The summed E-state index contributed by atoms with van der Waals surface area (Å²) in [4.78, 5) is 16.9. The van der Waals surface area contributed by atoms with Crippen molar-refractivity contribution in [3.63, 3.8) is 0 Å². The molecule has 0 saturated carbocycles. The molecule has 2 aromatic heterocycles. The first-order chi connectivity index (χ1) is 12.8. The summed E-state index contributed by atoms with van der Waals surface area (Å²) < 4.78 is 45.2. The summed E-state index contributed by atoms with van der Waals surface area (Å²) in [7, 11) is -2.79. The van der Waals surface area contributed by atoms with Crippen molar-refractivity contribution in [2.75, 3.05) is 18.0 Å². The summed E-state index contributed by atoms with van der Waals surface area (Å²) in [6.45, 7) is 1.75. The van der Waals surface area contributed by atoms with E-state index in [4.69, 9.17) is 16.3 Å². The number of nitrogens with zero attached hydrogens (tertiary/aromatic N) is 2. The molecule has 0 saturated heterocycles. The summed E-state index contributed by atoms with van der Waals surface area (Å²) in [6.07, 6.45) is 1.26. The van der Waals surface area contributed by atoms with E-state index in [1.165, 1.54) is 24.6 Å². The Balaban J connectivity index is 2.24. The maximum absolute atomic E-state index is 13.2. The Morgan fingerprint density at radius 2 is 2.00 bits per heavy atom. The fourth-order valence-electron chi connectivity index (χ4n) is 2.53. The zero-order chi connectivity index (χ0) is 19.8. The SMILES string of the molecule is CCOC(=O)c1cnc2scc(Cl)c2c1N(C)S(=O)(=O)c1ccc(F)cc1. The fourth-order valence-corrected chi connectivity index (χ4v) is 4.89. The average molecular weight is 429 g/mol. The Morgan fingerprint density at radius 1 is 1.33 bits per heavy atom. The van der Waals surface area contributed by atoms with Crippen molar-refractivity contribution in [2.24, 2.45) is 0 Å². The molecule has 0 atom stereocenters. The van der Waals surface area contributed by atoms with Crippen LogP contribution in [0.5, 0.6) is 0 Å². The molecule has 0 N–H and O–H groups in total. The number of hydrogen-bond donors (Lipinski definition) is 0. The molecule has 0 fully saturated rings. The van der Waals surface area contributed by atoms with Crippen LogP contribution in [0.4, 0.5) is 10.1 Å². The quantitative estimate of drug-likeness (QED) is 0.572. The molecule has 0 aliphatic heterocycles. The van der Waals surface area contributed by atoms with Crippen molar-refractivity contribution < 1.29 is 22.3 Å². The van der Waals surface area contributed by atoms with Crippen LogP contribution in [0.25, 0.3) is 10.2 Å². The summed E-state index contributed by atoms with van der Waals surface area (Å²) in [6, 6.07) is 4.40. The molecule has 3 aromatic rings. The van der Waals surface area contributed by atoms with Gasteiger partial charge in [0.2, 0.25) is 0 Å². The molecular weight excluding hydrogens is 415 g/mol. The van der Waals surface area contributed by atoms with Crippen molar-refractivity contribution in [2.45, 2.75) is 11.8 Å². The highest BCUT2D eigenvalue weighted by molar-refractivity contribution is 7.92. The van der Waals surface area contributed by atoms with Gasteiger partial charge in [-0.15, -0.1) is 11.3 Å². The van der Waals surface area contributed by atoms with Gasteiger partial charge in [0.1, 0.15) is 16.2 Å². The Morgan fingerprint density at radius 3 is 2.63 bits per heavy atom. The molecular formula is C17H14ClFN2O4S2. The average Bonchev–Trinajstić information content (AvgIpc) is 3.02. The van der Waals surface area contributed by atoms with Crippen LogP contribution in [0.1, 0.15) is 17.3 Å². The van der Waals surface area contributed by atoms with Gasteiger partial charge in [0.25, 0.3) is 10.0 Å². The number of sulfonamides is 1.